The van der Waals surface area contributed by atoms with Gasteiger partial charge in [0.15, 0.2) is 9.84 Å². The van der Waals surface area contributed by atoms with Crippen LogP contribution in [0.5, 0.6) is 0 Å². The van der Waals surface area contributed by atoms with Crippen molar-refractivity contribution in [3.8, 4) is 16.8 Å². The summed E-state index contributed by atoms with van der Waals surface area (Å²) in [5.41, 5.74) is 11.7. The fourth-order valence-electron chi connectivity index (χ4n) is 4.61. The molecule has 1 fully saturated rings. The molecule has 190 valence electrons. The van der Waals surface area contributed by atoms with Crippen LogP contribution in [0, 0.1) is 6.92 Å². The van der Waals surface area contributed by atoms with Crippen LogP contribution in [0.1, 0.15) is 33.1 Å². The molecule has 1 aliphatic heterocycles. The summed E-state index contributed by atoms with van der Waals surface area (Å²) in [6.45, 7) is 2.84. The van der Waals surface area contributed by atoms with Crippen LogP contribution < -0.4 is 11.1 Å². The smallest absolute Gasteiger partial charge is 0.288 e. The molecule has 0 bridgehead atoms. The molecular weight excluding hydrogens is 486 g/mol. The van der Waals surface area contributed by atoms with Gasteiger partial charge in [-0.2, -0.15) is 0 Å². The normalized spacial score (nSPS) is 16.9. The Kier molecular flexibility index (Phi) is 6.90. The molecule has 1 aliphatic rings. The lowest BCUT2D eigenvalue weighted by atomic mass is 9.99. The highest BCUT2D eigenvalue weighted by Gasteiger charge is 2.28. The van der Waals surface area contributed by atoms with E-state index < -0.39 is 15.7 Å². The van der Waals surface area contributed by atoms with E-state index in [1.807, 2.05) is 36.4 Å². The summed E-state index contributed by atoms with van der Waals surface area (Å²) in [7, 11) is -3.02. The number of benzene rings is 3. The van der Waals surface area contributed by atoms with Crippen molar-refractivity contribution in [1.29, 1.82) is 0 Å². The minimum absolute atomic E-state index is 0.00535. The van der Waals surface area contributed by atoms with Crippen molar-refractivity contribution >= 4 is 15.7 Å². The summed E-state index contributed by atoms with van der Waals surface area (Å²) in [5, 5.41) is 7.01. The Bertz CT molecular complexity index is 1510. The first-order valence-electron chi connectivity index (χ1n) is 12.2. The minimum Gasteiger partial charge on any atom is -0.363 e. The summed E-state index contributed by atoms with van der Waals surface area (Å²) in [6, 6.07) is 24.6. The van der Waals surface area contributed by atoms with Crippen LogP contribution in [-0.2, 0) is 22.7 Å². The second-order valence-corrected chi connectivity index (χ2v) is 11.8. The van der Waals surface area contributed by atoms with Gasteiger partial charge in [0.2, 0.25) is 5.82 Å². The third-order valence-electron chi connectivity index (χ3n) is 6.73. The molecule has 1 amide bonds. The first kappa shape index (κ1) is 24.9. The van der Waals surface area contributed by atoms with E-state index in [-0.39, 0.29) is 16.8 Å². The third-order valence-corrected chi connectivity index (χ3v) is 8.85. The second-order valence-electron chi connectivity index (χ2n) is 9.39. The molecule has 0 saturated carbocycles. The number of rotatable bonds is 7. The first-order valence-corrected chi connectivity index (χ1v) is 13.9. The quantitative estimate of drug-likeness (QED) is 0.391. The monoisotopic (exact) mass is 515 g/mol. The molecule has 1 unspecified atom stereocenters. The molecule has 0 radical (unpaired) electrons. The van der Waals surface area contributed by atoms with E-state index in [4.69, 9.17) is 5.73 Å². The van der Waals surface area contributed by atoms with Gasteiger partial charge in [-0.3, -0.25) is 4.79 Å². The van der Waals surface area contributed by atoms with Gasteiger partial charge in [-0.05, 0) is 59.7 Å². The Balaban J connectivity index is 1.23. The number of nitrogens with one attached hydrogen (secondary N) is 1. The Labute approximate surface area is 216 Å². The molecule has 1 atom stereocenters. The zero-order valence-corrected chi connectivity index (χ0v) is 21.4. The van der Waals surface area contributed by atoms with Crippen molar-refractivity contribution in [2.45, 2.75) is 25.0 Å². The van der Waals surface area contributed by atoms with E-state index in [9.17, 15) is 13.2 Å². The molecule has 1 saturated heterocycles. The number of hydrogen-bond acceptors (Lipinski definition) is 6. The topological polar surface area (TPSA) is 120 Å². The van der Waals surface area contributed by atoms with Gasteiger partial charge >= 0.3 is 0 Å². The van der Waals surface area contributed by atoms with Crippen molar-refractivity contribution in [2.24, 2.45) is 5.73 Å². The molecule has 5 rings (SSSR count). The lowest BCUT2D eigenvalue weighted by Crippen LogP contribution is -2.44. The van der Waals surface area contributed by atoms with Crippen LogP contribution in [0.25, 0.3) is 16.8 Å². The fourth-order valence-corrected chi connectivity index (χ4v) is 6.19. The number of nitrogens with zero attached hydrogens (tertiary/aromatic N) is 3. The van der Waals surface area contributed by atoms with Crippen LogP contribution in [0.15, 0.2) is 72.8 Å². The number of hydrogen-bond donors (Lipinski definition) is 2. The Morgan fingerprint density at radius 2 is 1.51 bits per heavy atom. The predicted molar refractivity (Wildman–Crippen MR) is 143 cm³/mol. The number of sulfone groups is 1. The lowest BCUT2D eigenvalue weighted by molar-refractivity contribution is 0.0990. The van der Waals surface area contributed by atoms with Gasteiger partial charge in [0.1, 0.15) is 5.82 Å². The molecule has 8 nitrogen and oxygen atoms in total. The Morgan fingerprint density at radius 3 is 2.05 bits per heavy atom. The molecule has 0 spiro atoms. The average molecular weight is 516 g/mol. The van der Waals surface area contributed by atoms with Crippen LogP contribution in [0.4, 0.5) is 0 Å². The van der Waals surface area contributed by atoms with E-state index >= 15 is 0 Å². The van der Waals surface area contributed by atoms with Crippen LogP contribution >= 0.6 is 0 Å². The molecule has 0 aliphatic carbocycles. The predicted octanol–water partition coefficient (Wildman–Crippen LogP) is 2.86. The number of primary amides is 1. The average Bonchev–Trinajstić information content (AvgIpc) is 3.29. The van der Waals surface area contributed by atoms with E-state index in [1.54, 1.807) is 11.6 Å². The van der Waals surface area contributed by atoms with Gasteiger partial charge in [-0.15, -0.1) is 5.10 Å². The highest BCUT2D eigenvalue weighted by molar-refractivity contribution is 7.92. The maximum absolute atomic E-state index is 12.3. The molecule has 1 aromatic heterocycles. The Morgan fingerprint density at radius 1 is 0.946 bits per heavy atom. The first-order chi connectivity index (χ1) is 17.8. The third kappa shape index (κ3) is 5.63. The summed E-state index contributed by atoms with van der Waals surface area (Å²) in [4.78, 5) is 15.4. The molecule has 2 heterocycles. The second kappa shape index (κ2) is 10.3. The van der Waals surface area contributed by atoms with Gasteiger partial charge in [0, 0.05) is 13.1 Å². The van der Waals surface area contributed by atoms with Gasteiger partial charge < -0.3 is 11.1 Å². The number of carbonyl (C=O) groups is 1. The SMILES string of the molecule is Cc1nc(C(N)=O)nn1-c1ccc(Cc2ccc(-c3ccc(CC4CNCCS4(=O)=O)cc3)cc2)cc1. The summed E-state index contributed by atoms with van der Waals surface area (Å²) in [5.74, 6) is 0.170. The van der Waals surface area contributed by atoms with Crippen molar-refractivity contribution in [2.75, 3.05) is 18.8 Å². The van der Waals surface area contributed by atoms with Gasteiger partial charge in [-0.25, -0.2) is 18.1 Å². The molecule has 9 heteroatoms. The standard InChI is InChI=1S/C28H29N5O3S/c1-19-31-28(27(29)34)32-33(19)25-12-6-21(7-13-25)16-20-2-8-23(9-3-20)24-10-4-22(5-11-24)17-26-18-30-14-15-37(26,35)36/h2-13,26,30H,14-18H2,1H3,(H2,29,34). The van der Waals surface area contributed by atoms with Gasteiger partial charge in [0.05, 0.1) is 16.7 Å². The minimum atomic E-state index is -3.02. The number of carbonyl (C=O) groups excluding carboxylic acids is 1. The van der Waals surface area contributed by atoms with Crippen molar-refractivity contribution in [1.82, 2.24) is 20.1 Å². The summed E-state index contributed by atoms with van der Waals surface area (Å²) in [6.07, 6.45) is 1.32. The largest absolute Gasteiger partial charge is 0.363 e. The van der Waals surface area contributed by atoms with Crippen LogP contribution in [0.2, 0.25) is 0 Å². The van der Waals surface area contributed by atoms with Crippen LogP contribution in [-0.4, -0.2) is 53.2 Å². The number of nitrogens with two attached hydrogens (primary N) is 1. The number of aryl methyl sites for hydroxylation is 1. The molecule has 4 aromatic rings. The fraction of sp³-hybridized carbons (Fsp3) is 0.250. The van der Waals surface area contributed by atoms with Crippen molar-refractivity contribution in [3.05, 3.63) is 101 Å². The van der Waals surface area contributed by atoms with Crippen LogP contribution in [0.3, 0.4) is 0 Å². The summed E-state index contributed by atoms with van der Waals surface area (Å²) >= 11 is 0. The van der Waals surface area contributed by atoms with Crippen molar-refractivity contribution in [3.63, 3.8) is 0 Å². The van der Waals surface area contributed by atoms with E-state index in [0.717, 1.165) is 34.4 Å². The highest BCUT2D eigenvalue weighted by Crippen LogP contribution is 2.23. The number of amides is 1. The maximum Gasteiger partial charge on any atom is 0.288 e. The highest BCUT2D eigenvalue weighted by atomic mass is 32.2. The maximum atomic E-state index is 12.3. The van der Waals surface area contributed by atoms with E-state index in [1.165, 1.54) is 5.56 Å². The van der Waals surface area contributed by atoms with E-state index in [0.29, 0.717) is 25.3 Å². The molecule has 3 aromatic carbocycles. The van der Waals surface area contributed by atoms with E-state index in [2.05, 4.69) is 51.8 Å². The molecular formula is C28H29N5O3S. The zero-order valence-electron chi connectivity index (χ0n) is 20.6. The lowest BCUT2D eigenvalue weighted by Gasteiger charge is -2.23. The number of aromatic nitrogens is 3. The van der Waals surface area contributed by atoms with Gasteiger partial charge in [-0.1, -0.05) is 60.7 Å². The van der Waals surface area contributed by atoms with Crippen molar-refractivity contribution < 1.29 is 13.2 Å². The van der Waals surface area contributed by atoms with Gasteiger partial charge in [0.25, 0.3) is 5.91 Å². The summed E-state index contributed by atoms with van der Waals surface area (Å²) < 4.78 is 26.2. The molecule has 37 heavy (non-hydrogen) atoms. The molecule has 3 N–H and O–H groups in total. The Hall–Kier alpha value is -3.82. The zero-order chi connectivity index (χ0) is 26.0.